The SMILES string of the molecule is C=C/C(=C\C=C(/C)OC)c1ccc(OCCc2cc(S(=O)(=O)NC(=O)c3c(C)noc3C)oc2C)cc1. The van der Waals surface area contributed by atoms with Crippen molar-refractivity contribution in [2.45, 2.75) is 39.2 Å². The first-order chi connectivity index (χ1) is 17.6. The lowest BCUT2D eigenvalue weighted by atomic mass is 10.1. The highest BCUT2D eigenvalue weighted by atomic mass is 32.2. The van der Waals surface area contributed by atoms with Gasteiger partial charge in [0.05, 0.1) is 25.2 Å². The number of methoxy groups -OCH3 is 1. The van der Waals surface area contributed by atoms with Gasteiger partial charge in [-0.15, -0.1) is 0 Å². The van der Waals surface area contributed by atoms with Gasteiger partial charge in [-0.1, -0.05) is 36.0 Å². The number of furan rings is 1. The topological polar surface area (TPSA) is 121 Å². The fraction of sp³-hybridized carbons (Fsp3) is 0.259. The molecule has 0 aliphatic carbocycles. The Labute approximate surface area is 216 Å². The molecule has 3 rings (SSSR count). The van der Waals surface area contributed by atoms with Gasteiger partial charge in [-0.2, -0.15) is 8.42 Å². The van der Waals surface area contributed by atoms with Gasteiger partial charge in [-0.3, -0.25) is 4.79 Å². The van der Waals surface area contributed by atoms with Gasteiger partial charge in [0.25, 0.3) is 15.9 Å². The molecule has 3 aromatic rings. The first-order valence-corrected chi connectivity index (χ1v) is 12.9. The zero-order chi connectivity index (χ0) is 27.2. The van der Waals surface area contributed by atoms with Crippen molar-refractivity contribution in [1.29, 1.82) is 0 Å². The number of carbonyl (C=O) groups excluding carboxylic acids is 1. The van der Waals surface area contributed by atoms with Crippen molar-refractivity contribution >= 4 is 21.5 Å². The van der Waals surface area contributed by atoms with E-state index in [-0.39, 0.29) is 16.4 Å². The number of sulfonamides is 1. The number of rotatable bonds is 11. The number of hydrogen-bond donors (Lipinski definition) is 1. The van der Waals surface area contributed by atoms with Gasteiger partial charge in [0.15, 0.2) is 0 Å². The van der Waals surface area contributed by atoms with E-state index in [1.807, 2.05) is 48.1 Å². The molecule has 9 nitrogen and oxygen atoms in total. The Morgan fingerprint density at radius 1 is 1.14 bits per heavy atom. The minimum absolute atomic E-state index is 0.0729. The molecule has 1 amide bonds. The van der Waals surface area contributed by atoms with Gasteiger partial charge in [0.1, 0.15) is 22.8 Å². The molecule has 0 bridgehead atoms. The predicted octanol–water partition coefficient (Wildman–Crippen LogP) is 5.05. The second-order valence-corrected chi connectivity index (χ2v) is 9.82. The van der Waals surface area contributed by atoms with Crippen molar-refractivity contribution in [1.82, 2.24) is 9.88 Å². The molecule has 0 saturated heterocycles. The van der Waals surface area contributed by atoms with E-state index in [0.29, 0.717) is 35.8 Å². The molecule has 0 unspecified atom stereocenters. The third-order valence-corrected chi connectivity index (χ3v) is 6.80. The van der Waals surface area contributed by atoms with Gasteiger partial charge in [-0.25, -0.2) is 4.72 Å². The van der Waals surface area contributed by atoms with Crippen LogP contribution in [0.15, 0.2) is 74.9 Å². The fourth-order valence-electron chi connectivity index (χ4n) is 3.48. The Kier molecular flexibility index (Phi) is 8.77. The van der Waals surface area contributed by atoms with Crippen molar-refractivity contribution in [2.24, 2.45) is 0 Å². The molecule has 0 aliphatic rings. The number of hydrogen-bond acceptors (Lipinski definition) is 8. The van der Waals surface area contributed by atoms with Crippen molar-refractivity contribution in [3.8, 4) is 5.75 Å². The molecule has 2 heterocycles. The Morgan fingerprint density at radius 2 is 1.84 bits per heavy atom. The molecule has 37 heavy (non-hydrogen) atoms. The summed E-state index contributed by atoms with van der Waals surface area (Å²) >= 11 is 0. The van der Waals surface area contributed by atoms with Gasteiger partial charge < -0.3 is 18.4 Å². The van der Waals surface area contributed by atoms with Gasteiger partial charge in [-0.05, 0) is 62.6 Å². The van der Waals surface area contributed by atoms with E-state index in [0.717, 1.165) is 16.9 Å². The summed E-state index contributed by atoms with van der Waals surface area (Å²) in [5, 5.41) is 3.31. The monoisotopic (exact) mass is 526 g/mol. The normalized spacial score (nSPS) is 12.4. The van der Waals surface area contributed by atoms with Crippen LogP contribution in [0.2, 0.25) is 0 Å². The largest absolute Gasteiger partial charge is 0.501 e. The Hall–Kier alpha value is -4.05. The van der Waals surface area contributed by atoms with E-state index >= 15 is 0 Å². The molecule has 0 fully saturated rings. The zero-order valence-electron chi connectivity index (χ0n) is 21.5. The molecule has 0 atom stereocenters. The second kappa shape index (κ2) is 11.8. The zero-order valence-corrected chi connectivity index (χ0v) is 22.3. The number of nitrogens with one attached hydrogen (secondary N) is 1. The number of ether oxygens (including phenoxy) is 2. The van der Waals surface area contributed by atoms with Crippen LogP contribution in [0.25, 0.3) is 5.57 Å². The first-order valence-electron chi connectivity index (χ1n) is 11.4. The van der Waals surface area contributed by atoms with Crippen LogP contribution in [0.1, 0.15) is 45.6 Å². The first kappa shape index (κ1) is 27.5. The maximum Gasteiger partial charge on any atom is 0.297 e. The number of benzene rings is 1. The van der Waals surface area contributed by atoms with Crippen LogP contribution >= 0.6 is 0 Å². The predicted molar refractivity (Wildman–Crippen MR) is 139 cm³/mol. The Balaban J connectivity index is 1.62. The number of amides is 1. The molecule has 10 heteroatoms. The van der Waals surface area contributed by atoms with E-state index in [9.17, 15) is 13.2 Å². The summed E-state index contributed by atoms with van der Waals surface area (Å²) in [6.07, 6.45) is 5.96. The van der Waals surface area contributed by atoms with Gasteiger partial charge in [0.2, 0.25) is 5.09 Å². The molecular weight excluding hydrogens is 496 g/mol. The molecule has 0 radical (unpaired) electrons. The van der Waals surface area contributed by atoms with Crippen molar-refractivity contribution in [2.75, 3.05) is 13.7 Å². The summed E-state index contributed by atoms with van der Waals surface area (Å²) in [6, 6.07) is 8.94. The second-order valence-electron chi connectivity index (χ2n) is 8.21. The molecule has 1 aromatic carbocycles. The third kappa shape index (κ3) is 6.79. The Bertz CT molecular complexity index is 1420. The summed E-state index contributed by atoms with van der Waals surface area (Å²) in [7, 11) is -2.61. The average molecular weight is 527 g/mol. The fourth-order valence-corrected chi connectivity index (χ4v) is 4.46. The van der Waals surface area contributed by atoms with E-state index in [1.165, 1.54) is 13.0 Å². The smallest absolute Gasteiger partial charge is 0.297 e. The molecular formula is C27H30N2O7S. The van der Waals surface area contributed by atoms with Gasteiger partial charge in [0, 0.05) is 12.5 Å². The maximum absolute atomic E-state index is 12.7. The molecule has 2 aromatic heterocycles. The summed E-state index contributed by atoms with van der Waals surface area (Å²) in [4.78, 5) is 12.5. The van der Waals surface area contributed by atoms with Crippen molar-refractivity contribution in [3.63, 3.8) is 0 Å². The minimum atomic E-state index is -4.23. The number of allylic oxidation sites excluding steroid dienone is 5. The number of carbonyl (C=O) groups is 1. The van der Waals surface area contributed by atoms with E-state index in [4.69, 9.17) is 18.4 Å². The van der Waals surface area contributed by atoms with Crippen LogP contribution in [-0.2, 0) is 21.2 Å². The summed E-state index contributed by atoms with van der Waals surface area (Å²) in [6.45, 7) is 10.8. The highest BCUT2D eigenvalue weighted by Crippen LogP contribution is 2.23. The van der Waals surface area contributed by atoms with Gasteiger partial charge >= 0.3 is 0 Å². The van der Waals surface area contributed by atoms with Crippen LogP contribution in [-0.4, -0.2) is 33.2 Å². The lowest BCUT2D eigenvalue weighted by Gasteiger charge is -2.07. The number of nitrogens with zero attached hydrogens (tertiary/aromatic N) is 1. The lowest BCUT2D eigenvalue weighted by Crippen LogP contribution is -2.31. The van der Waals surface area contributed by atoms with Crippen molar-refractivity contribution < 1.29 is 31.6 Å². The number of aromatic nitrogens is 1. The molecule has 1 N–H and O–H groups in total. The highest BCUT2D eigenvalue weighted by molar-refractivity contribution is 7.90. The standard InChI is InChI=1S/C27H30N2O7S/c1-7-21(9-8-17(2)33-6)22-10-12-24(13-11-22)34-15-14-23-16-25(35-19(23)4)37(31,32)29-27(30)26-18(3)28-36-20(26)5/h7-13,16H,1,14-15H2,2-6H3,(H,29,30)/b17-8+,21-9+. The van der Waals surface area contributed by atoms with Crippen LogP contribution in [0.3, 0.4) is 0 Å². The number of aryl methyl sites for hydroxylation is 3. The molecule has 0 spiro atoms. The van der Waals surface area contributed by atoms with Crippen LogP contribution in [0.5, 0.6) is 5.75 Å². The minimum Gasteiger partial charge on any atom is -0.501 e. The maximum atomic E-state index is 12.7. The van der Waals surface area contributed by atoms with Crippen LogP contribution in [0, 0.1) is 20.8 Å². The summed E-state index contributed by atoms with van der Waals surface area (Å²) in [5.74, 6) is 1.26. The molecule has 0 aliphatic heterocycles. The van der Waals surface area contributed by atoms with Crippen molar-refractivity contribution in [3.05, 3.63) is 94.8 Å². The van der Waals surface area contributed by atoms with Crippen LogP contribution < -0.4 is 9.46 Å². The van der Waals surface area contributed by atoms with E-state index in [1.54, 1.807) is 27.0 Å². The third-order valence-electron chi connectivity index (χ3n) is 5.62. The van der Waals surface area contributed by atoms with E-state index in [2.05, 4.69) is 11.7 Å². The average Bonchev–Trinajstić information content (AvgIpc) is 3.41. The lowest BCUT2D eigenvalue weighted by molar-refractivity contribution is 0.0978. The van der Waals surface area contributed by atoms with E-state index < -0.39 is 15.9 Å². The van der Waals surface area contributed by atoms with Crippen LogP contribution in [0.4, 0.5) is 0 Å². The molecule has 0 saturated carbocycles. The summed E-state index contributed by atoms with van der Waals surface area (Å²) in [5.41, 5.74) is 2.93. The molecule has 196 valence electrons. The summed E-state index contributed by atoms with van der Waals surface area (Å²) < 4.78 is 48.8. The Morgan fingerprint density at radius 3 is 2.43 bits per heavy atom. The quantitative estimate of drug-likeness (QED) is 0.272. The highest BCUT2D eigenvalue weighted by Gasteiger charge is 2.27.